The number of rotatable bonds is 2. The highest BCUT2D eigenvalue weighted by Crippen LogP contribution is 2.25. The number of carbonyl (C=O) groups excluding carboxylic acids is 1. The molecule has 22 heavy (non-hydrogen) atoms. The van der Waals surface area contributed by atoms with Crippen LogP contribution < -0.4 is 4.74 Å². The van der Waals surface area contributed by atoms with Gasteiger partial charge in [-0.3, -0.25) is 9.69 Å². The van der Waals surface area contributed by atoms with Gasteiger partial charge in [-0.25, -0.2) is 0 Å². The molecule has 0 radical (unpaired) electrons. The summed E-state index contributed by atoms with van der Waals surface area (Å²) in [5, 5.41) is 0.576. The van der Waals surface area contributed by atoms with Crippen LogP contribution in [0.1, 0.15) is 10.4 Å². The van der Waals surface area contributed by atoms with E-state index in [4.69, 9.17) is 16.3 Å². The summed E-state index contributed by atoms with van der Waals surface area (Å²) in [7, 11) is 3.71. The van der Waals surface area contributed by atoms with Crippen molar-refractivity contribution in [3.8, 4) is 5.75 Å². The first-order valence-electron chi connectivity index (χ1n) is 7.64. The molecule has 120 valence electrons. The summed E-state index contributed by atoms with van der Waals surface area (Å²) in [5.41, 5.74) is 0.588. The van der Waals surface area contributed by atoms with Gasteiger partial charge in [-0.1, -0.05) is 11.6 Å². The third-order valence-electron chi connectivity index (χ3n) is 4.58. The van der Waals surface area contributed by atoms with Crippen molar-refractivity contribution >= 4 is 17.5 Å². The Hall–Kier alpha value is -1.30. The number of carbonyl (C=O) groups is 1. The molecule has 0 bridgehead atoms. The second kappa shape index (κ2) is 6.44. The monoisotopic (exact) mass is 323 g/mol. The predicted molar refractivity (Wildman–Crippen MR) is 86.8 cm³/mol. The van der Waals surface area contributed by atoms with Crippen molar-refractivity contribution < 1.29 is 9.53 Å². The molecule has 0 saturated carbocycles. The maximum Gasteiger partial charge on any atom is 0.257 e. The van der Waals surface area contributed by atoms with Gasteiger partial charge in [-0.2, -0.15) is 0 Å². The minimum Gasteiger partial charge on any atom is -0.496 e. The molecule has 1 atom stereocenters. The van der Waals surface area contributed by atoms with Crippen LogP contribution in [-0.4, -0.2) is 80.1 Å². The van der Waals surface area contributed by atoms with E-state index in [1.165, 1.54) is 0 Å². The van der Waals surface area contributed by atoms with Crippen LogP contribution in [0.15, 0.2) is 18.2 Å². The molecule has 0 aliphatic carbocycles. The SMILES string of the molecule is COc1cc(Cl)ccc1C(=O)N1CCN2CCN(C)C[C@@H]2C1. The van der Waals surface area contributed by atoms with Crippen LogP contribution in [0.3, 0.4) is 0 Å². The Morgan fingerprint density at radius 3 is 2.77 bits per heavy atom. The first kappa shape index (κ1) is 15.6. The molecule has 0 spiro atoms. The summed E-state index contributed by atoms with van der Waals surface area (Å²) in [6, 6.07) is 5.61. The van der Waals surface area contributed by atoms with Crippen molar-refractivity contribution in [1.29, 1.82) is 0 Å². The lowest BCUT2D eigenvalue weighted by atomic mass is 10.1. The van der Waals surface area contributed by atoms with E-state index in [2.05, 4.69) is 16.8 Å². The number of amides is 1. The minimum atomic E-state index is 0.0291. The smallest absolute Gasteiger partial charge is 0.257 e. The molecule has 2 heterocycles. The largest absolute Gasteiger partial charge is 0.496 e. The molecular formula is C16H22ClN3O2. The Balaban J connectivity index is 1.75. The minimum absolute atomic E-state index is 0.0291. The molecule has 0 aromatic heterocycles. The highest BCUT2D eigenvalue weighted by atomic mass is 35.5. The van der Waals surface area contributed by atoms with E-state index in [-0.39, 0.29) is 5.91 Å². The van der Waals surface area contributed by atoms with Crippen molar-refractivity contribution in [2.75, 3.05) is 53.4 Å². The van der Waals surface area contributed by atoms with E-state index in [0.29, 0.717) is 22.4 Å². The summed E-state index contributed by atoms with van der Waals surface area (Å²) < 4.78 is 5.31. The third-order valence-corrected chi connectivity index (χ3v) is 4.81. The maximum atomic E-state index is 12.8. The van der Waals surface area contributed by atoms with Crippen molar-refractivity contribution in [3.63, 3.8) is 0 Å². The van der Waals surface area contributed by atoms with E-state index in [1.54, 1.807) is 25.3 Å². The molecule has 2 aliphatic heterocycles. The van der Waals surface area contributed by atoms with Crippen LogP contribution in [0.4, 0.5) is 0 Å². The molecule has 2 aliphatic rings. The standard InChI is InChI=1S/C16H22ClN3O2/c1-18-5-6-19-7-8-20(11-13(19)10-18)16(21)14-4-3-12(17)9-15(14)22-2/h3-4,9,13H,5-8,10-11H2,1-2H3/t13-/m1/s1. The zero-order chi connectivity index (χ0) is 15.7. The summed E-state index contributed by atoms with van der Waals surface area (Å²) in [6.45, 7) is 5.70. The lowest BCUT2D eigenvalue weighted by molar-refractivity contribution is 0.0188. The first-order chi connectivity index (χ1) is 10.6. The molecule has 2 fully saturated rings. The van der Waals surface area contributed by atoms with Gasteiger partial charge in [-0.15, -0.1) is 0 Å². The quantitative estimate of drug-likeness (QED) is 0.825. The summed E-state index contributed by atoms with van der Waals surface area (Å²) in [4.78, 5) is 19.6. The van der Waals surface area contributed by atoms with Gasteiger partial charge < -0.3 is 14.5 Å². The molecular weight excluding hydrogens is 302 g/mol. The lowest BCUT2D eigenvalue weighted by Gasteiger charge is -2.46. The number of benzene rings is 1. The molecule has 0 N–H and O–H groups in total. The van der Waals surface area contributed by atoms with Crippen LogP contribution in [0.2, 0.25) is 5.02 Å². The molecule has 5 nitrogen and oxygen atoms in total. The fourth-order valence-electron chi connectivity index (χ4n) is 3.31. The highest BCUT2D eigenvalue weighted by Gasteiger charge is 2.33. The average Bonchev–Trinajstić information content (AvgIpc) is 2.53. The Bertz CT molecular complexity index is 566. The molecule has 1 aromatic rings. The van der Waals surface area contributed by atoms with Gasteiger partial charge in [0, 0.05) is 50.3 Å². The Kier molecular flexibility index (Phi) is 4.57. The average molecular weight is 324 g/mol. The summed E-state index contributed by atoms with van der Waals surface area (Å²) in [5.74, 6) is 0.571. The normalized spacial score (nSPS) is 23.2. The van der Waals surface area contributed by atoms with Crippen molar-refractivity contribution in [2.45, 2.75) is 6.04 Å². The van der Waals surface area contributed by atoms with Gasteiger partial charge in [0.1, 0.15) is 5.75 Å². The van der Waals surface area contributed by atoms with Crippen LogP contribution in [-0.2, 0) is 0 Å². The van der Waals surface area contributed by atoms with Gasteiger partial charge in [0.2, 0.25) is 0 Å². The molecule has 1 amide bonds. The van der Waals surface area contributed by atoms with E-state index in [0.717, 1.165) is 39.3 Å². The van der Waals surface area contributed by atoms with Gasteiger partial charge in [-0.05, 0) is 25.2 Å². The number of hydrogen-bond acceptors (Lipinski definition) is 4. The topological polar surface area (TPSA) is 36.0 Å². The number of hydrogen-bond donors (Lipinski definition) is 0. The fourth-order valence-corrected chi connectivity index (χ4v) is 3.47. The molecule has 6 heteroatoms. The van der Waals surface area contributed by atoms with Crippen molar-refractivity contribution in [2.24, 2.45) is 0 Å². The third kappa shape index (κ3) is 3.07. The lowest BCUT2D eigenvalue weighted by Crippen LogP contribution is -2.62. The number of halogens is 1. The second-order valence-corrected chi connectivity index (χ2v) is 6.48. The van der Waals surface area contributed by atoms with Crippen LogP contribution in [0.5, 0.6) is 5.75 Å². The molecule has 1 aromatic carbocycles. The fraction of sp³-hybridized carbons (Fsp3) is 0.562. The van der Waals surface area contributed by atoms with Gasteiger partial charge >= 0.3 is 0 Å². The molecule has 2 saturated heterocycles. The van der Waals surface area contributed by atoms with E-state index < -0.39 is 0 Å². The van der Waals surface area contributed by atoms with E-state index in [1.807, 2.05) is 4.90 Å². The van der Waals surface area contributed by atoms with Crippen molar-refractivity contribution in [1.82, 2.24) is 14.7 Å². The highest BCUT2D eigenvalue weighted by molar-refractivity contribution is 6.30. The van der Waals surface area contributed by atoms with E-state index >= 15 is 0 Å². The van der Waals surface area contributed by atoms with Gasteiger partial charge in [0.15, 0.2) is 0 Å². The van der Waals surface area contributed by atoms with Crippen LogP contribution in [0.25, 0.3) is 0 Å². The Morgan fingerprint density at radius 1 is 1.23 bits per heavy atom. The zero-order valence-corrected chi connectivity index (χ0v) is 13.8. The summed E-state index contributed by atoms with van der Waals surface area (Å²) >= 11 is 5.98. The number of nitrogens with zero attached hydrogens (tertiary/aromatic N) is 3. The summed E-state index contributed by atoms with van der Waals surface area (Å²) in [6.07, 6.45) is 0. The maximum absolute atomic E-state index is 12.8. The van der Waals surface area contributed by atoms with Crippen molar-refractivity contribution in [3.05, 3.63) is 28.8 Å². The number of methoxy groups -OCH3 is 1. The van der Waals surface area contributed by atoms with Crippen LogP contribution in [0, 0.1) is 0 Å². The van der Waals surface area contributed by atoms with Crippen LogP contribution >= 0.6 is 11.6 Å². The second-order valence-electron chi connectivity index (χ2n) is 6.05. The number of fused-ring (bicyclic) bond motifs is 1. The number of ether oxygens (including phenoxy) is 1. The molecule has 3 rings (SSSR count). The number of piperazine rings is 2. The van der Waals surface area contributed by atoms with Gasteiger partial charge in [0.05, 0.1) is 12.7 Å². The number of likely N-dealkylation sites (N-methyl/N-ethyl adjacent to an activating group) is 1. The molecule has 0 unspecified atom stereocenters. The zero-order valence-electron chi connectivity index (χ0n) is 13.1. The Labute approximate surface area is 136 Å². The van der Waals surface area contributed by atoms with Gasteiger partial charge in [0.25, 0.3) is 5.91 Å². The first-order valence-corrected chi connectivity index (χ1v) is 8.01. The van der Waals surface area contributed by atoms with E-state index in [9.17, 15) is 4.79 Å². The predicted octanol–water partition coefficient (Wildman–Crippen LogP) is 1.42. The Morgan fingerprint density at radius 2 is 2.00 bits per heavy atom.